The van der Waals surface area contributed by atoms with E-state index in [-0.39, 0.29) is 12.1 Å². The van der Waals surface area contributed by atoms with Crippen LogP contribution in [0.5, 0.6) is 0 Å². The third kappa shape index (κ3) is 2.62. The molecule has 0 saturated carbocycles. The number of benzene rings is 1. The lowest BCUT2D eigenvalue weighted by atomic mass is 9.98. The van der Waals surface area contributed by atoms with E-state index in [9.17, 15) is 4.79 Å². The van der Waals surface area contributed by atoms with E-state index in [1.807, 2.05) is 29.2 Å². The molecule has 0 radical (unpaired) electrons. The first-order valence-electron chi connectivity index (χ1n) is 7.75. The molecule has 6 heteroatoms. The molecule has 4 rings (SSSR count). The fourth-order valence-corrected chi connectivity index (χ4v) is 4.95. The van der Waals surface area contributed by atoms with E-state index in [0.29, 0.717) is 5.13 Å². The highest BCUT2D eigenvalue weighted by molar-refractivity contribution is 7.22. The van der Waals surface area contributed by atoms with Crippen molar-refractivity contribution >= 4 is 44.1 Å². The van der Waals surface area contributed by atoms with Crippen molar-refractivity contribution in [3.8, 4) is 0 Å². The molecule has 4 nitrogen and oxygen atoms in total. The summed E-state index contributed by atoms with van der Waals surface area (Å²) in [5.74, 6) is 0. The average molecular weight is 343 g/mol. The first-order valence-corrected chi connectivity index (χ1v) is 9.45. The third-order valence-corrected chi connectivity index (χ3v) is 6.20. The predicted octanol–water partition coefficient (Wildman–Crippen LogP) is 4.90. The molecule has 0 bridgehead atoms. The summed E-state index contributed by atoms with van der Waals surface area (Å²) in [5, 5.41) is 5.78. The standard InChI is InChI=1S/C17H17N3OS2/c1-2-13-11-8-10-22-14(11)7-9-20(13)17(21)19-16-18-12-5-3-4-6-15(12)23-16/h3-6,8,10,13H,2,7,9H2,1H3,(H,18,19,21)/t13-/m1/s1. The monoisotopic (exact) mass is 343 g/mol. The quantitative estimate of drug-likeness (QED) is 0.719. The number of urea groups is 1. The number of hydrogen-bond donors (Lipinski definition) is 1. The molecule has 1 N–H and O–H groups in total. The number of para-hydroxylation sites is 1. The molecular weight excluding hydrogens is 326 g/mol. The molecule has 1 aliphatic rings. The van der Waals surface area contributed by atoms with Crippen LogP contribution in [0.2, 0.25) is 0 Å². The minimum Gasteiger partial charge on any atom is -0.317 e. The van der Waals surface area contributed by atoms with Gasteiger partial charge >= 0.3 is 6.03 Å². The maximum absolute atomic E-state index is 12.7. The summed E-state index contributed by atoms with van der Waals surface area (Å²) < 4.78 is 1.09. The zero-order valence-corrected chi connectivity index (χ0v) is 14.4. The maximum atomic E-state index is 12.7. The SMILES string of the molecule is CC[C@@H]1c2ccsc2CCN1C(=O)Nc1nc2ccccc2s1. The Bertz CT molecular complexity index is 821. The maximum Gasteiger partial charge on any atom is 0.324 e. The molecule has 0 unspecified atom stereocenters. The summed E-state index contributed by atoms with van der Waals surface area (Å²) in [6.45, 7) is 2.90. The fraction of sp³-hybridized carbons (Fsp3) is 0.294. The van der Waals surface area contributed by atoms with E-state index in [1.165, 1.54) is 21.8 Å². The van der Waals surface area contributed by atoms with Crippen LogP contribution in [0, 0.1) is 0 Å². The molecule has 2 aromatic heterocycles. The fourth-order valence-electron chi connectivity index (χ4n) is 3.17. The number of carbonyl (C=O) groups is 1. The van der Waals surface area contributed by atoms with Crippen molar-refractivity contribution in [2.75, 3.05) is 11.9 Å². The Labute approximate surface area is 142 Å². The van der Waals surface area contributed by atoms with Crippen molar-refractivity contribution in [3.05, 3.63) is 46.2 Å². The van der Waals surface area contributed by atoms with Crippen LogP contribution >= 0.6 is 22.7 Å². The summed E-state index contributed by atoms with van der Waals surface area (Å²) in [6, 6.07) is 10.2. The van der Waals surface area contributed by atoms with Crippen LogP contribution in [0.25, 0.3) is 10.2 Å². The van der Waals surface area contributed by atoms with Crippen molar-refractivity contribution in [2.24, 2.45) is 0 Å². The van der Waals surface area contributed by atoms with Crippen LogP contribution in [-0.4, -0.2) is 22.5 Å². The van der Waals surface area contributed by atoms with Gasteiger partial charge in [-0.3, -0.25) is 5.32 Å². The molecule has 3 heterocycles. The molecule has 1 aliphatic heterocycles. The van der Waals surface area contributed by atoms with Gasteiger partial charge in [0.25, 0.3) is 0 Å². The highest BCUT2D eigenvalue weighted by Gasteiger charge is 2.30. The number of carbonyl (C=O) groups excluding carboxylic acids is 1. The van der Waals surface area contributed by atoms with Gasteiger partial charge in [0.05, 0.1) is 16.3 Å². The van der Waals surface area contributed by atoms with Gasteiger partial charge in [-0.25, -0.2) is 9.78 Å². The number of fused-ring (bicyclic) bond motifs is 2. The predicted molar refractivity (Wildman–Crippen MR) is 96.4 cm³/mol. The van der Waals surface area contributed by atoms with Crippen LogP contribution in [0.4, 0.5) is 9.93 Å². The molecule has 0 saturated heterocycles. The Morgan fingerprint density at radius 2 is 2.26 bits per heavy atom. The summed E-state index contributed by atoms with van der Waals surface area (Å²) >= 11 is 3.31. The summed E-state index contributed by atoms with van der Waals surface area (Å²) in [6.07, 6.45) is 1.87. The van der Waals surface area contributed by atoms with Crippen molar-refractivity contribution in [3.63, 3.8) is 0 Å². The minimum absolute atomic E-state index is 0.0484. The number of nitrogens with one attached hydrogen (secondary N) is 1. The third-order valence-electron chi connectivity index (χ3n) is 4.25. The van der Waals surface area contributed by atoms with Crippen molar-refractivity contribution in [1.29, 1.82) is 0 Å². The van der Waals surface area contributed by atoms with Gasteiger partial charge in [0.2, 0.25) is 0 Å². The van der Waals surface area contributed by atoms with E-state index < -0.39 is 0 Å². The van der Waals surface area contributed by atoms with Gasteiger partial charge < -0.3 is 4.90 Å². The number of thiazole rings is 1. The number of amides is 2. The molecule has 0 spiro atoms. The molecule has 0 fully saturated rings. The number of rotatable bonds is 2. The molecular formula is C17H17N3OS2. The van der Waals surface area contributed by atoms with Gasteiger partial charge in [0.15, 0.2) is 5.13 Å². The van der Waals surface area contributed by atoms with Crippen LogP contribution in [-0.2, 0) is 6.42 Å². The van der Waals surface area contributed by atoms with Crippen LogP contribution < -0.4 is 5.32 Å². The Kier molecular flexibility index (Phi) is 3.79. The largest absolute Gasteiger partial charge is 0.324 e. The zero-order valence-electron chi connectivity index (χ0n) is 12.8. The summed E-state index contributed by atoms with van der Waals surface area (Å²) in [4.78, 5) is 20.6. The molecule has 23 heavy (non-hydrogen) atoms. The first kappa shape index (κ1) is 14.7. The van der Waals surface area contributed by atoms with E-state index in [2.05, 4.69) is 28.7 Å². The molecule has 0 aliphatic carbocycles. The topological polar surface area (TPSA) is 45.2 Å². The number of thiophene rings is 1. The second-order valence-electron chi connectivity index (χ2n) is 5.58. The van der Waals surface area contributed by atoms with E-state index in [1.54, 1.807) is 11.3 Å². The zero-order chi connectivity index (χ0) is 15.8. The Balaban J connectivity index is 1.57. The Hall–Kier alpha value is -1.92. The summed E-state index contributed by atoms with van der Waals surface area (Å²) in [7, 11) is 0. The first-order chi connectivity index (χ1) is 11.3. The van der Waals surface area contributed by atoms with Gasteiger partial charge in [0.1, 0.15) is 0 Å². The van der Waals surface area contributed by atoms with Crippen molar-refractivity contribution in [1.82, 2.24) is 9.88 Å². The van der Waals surface area contributed by atoms with Crippen LogP contribution in [0.15, 0.2) is 35.7 Å². The van der Waals surface area contributed by atoms with Gasteiger partial charge in [-0.15, -0.1) is 11.3 Å². The minimum atomic E-state index is -0.0484. The molecule has 3 aromatic rings. The summed E-state index contributed by atoms with van der Waals surface area (Å²) in [5.41, 5.74) is 2.24. The highest BCUT2D eigenvalue weighted by atomic mass is 32.1. The Morgan fingerprint density at radius 1 is 1.39 bits per heavy atom. The van der Waals surface area contributed by atoms with E-state index in [0.717, 1.165) is 29.6 Å². The van der Waals surface area contributed by atoms with Crippen molar-refractivity contribution in [2.45, 2.75) is 25.8 Å². The molecule has 1 aromatic carbocycles. The number of hydrogen-bond acceptors (Lipinski definition) is 4. The smallest absolute Gasteiger partial charge is 0.317 e. The van der Waals surface area contributed by atoms with Crippen LogP contribution in [0.1, 0.15) is 29.8 Å². The Morgan fingerprint density at radius 3 is 3.09 bits per heavy atom. The number of aromatic nitrogens is 1. The van der Waals surface area contributed by atoms with E-state index >= 15 is 0 Å². The lowest BCUT2D eigenvalue weighted by Gasteiger charge is -2.35. The molecule has 2 amide bonds. The second-order valence-corrected chi connectivity index (χ2v) is 7.61. The van der Waals surface area contributed by atoms with Gasteiger partial charge in [0, 0.05) is 11.4 Å². The van der Waals surface area contributed by atoms with Crippen LogP contribution in [0.3, 0.4) is 0 Å². The molecule has 118 valence electrons. The van der Waals surface area contributed by atoms with E-state index in [4.69, 9.17) is 0 Å². The molecule has 1 atom stereocenters. The average Bonchev–Trinajstić information content (AvgIpc) is 3.19. The van der Waals surface area contributed by atoms with Crippen molar-refractivity contribution < 1.29 is 4.79 Å². The van der Waals surface area contributed by atoms with Gasteiger partial charge in [-0.1, -0.05) is 30.4 Å². The normalized spacial score (nSPS) is 17.3. The number of anilines is 1. The number of nitrogens with zero attached hydrogens (tertiary/aromatic N) is 2. The lowest BCUT2D eigenvalue weighted by Crippen LogP contribution is -2.41. The van der Waals surface area contributed by atoms with Gasteiger partial charge in [-0.2, -0.15) is 0 Å². The lowest BCUT2D eigenvalue weighted by molar-refractivity contribution is 0.181. The van der Waals surface area contributed by atoms with Gasteiger partial charge in [-0.05, 0) is 42.0 Å². The highest BCUT2D eigenvalue weighted by Crippen LogP contribution is 2.35. The second kappa shape index (κ2) is 5.94.